The van der Waals surface area contributed by atoms with Gasteiger partial charge in [0.05, 0.1) is 5.75 Å². The van der Waals surface area contributed by atoms with E-state index in [1.54, 1.807) is 0 Å². The summed E-state index contributed by atoms with van der Waals surface area (Å²) in [5.74, 6) is -1.50. The first-order valence-corrected chi connectivity index (χ1v) is 7.81. The maximum absolute atomic E-state index is 11.5. The third-order valence-corrected chi connectivity index (χ3v) is 3.80. The average Bonchev–Trinajstić information content (AvgIpc) is 2.16. The number of carboxylic acids is 1. The number of carbonyl (C=O) groups is 2. The highest BCUT2D eigenvalue weighted by molar-refractivity contribution is 7.90. The van der Waals surface area contributed by atoms with Crippen LogP contribution in [0.25, 0.3) is 0 Å². The van der Waals surface area contributed by atoms with Crippen molar-refractivity contribution in [1.82, 2.24) is 10.6 Å². The van der Waals surface area contributed by atoms with Gasteiger partial charge in [-0.25, -0.2) is 18.0 Å². The third kappa shape index (κ3) is 5.35. The minimum absolute atomic E-state index is 0.106. The minimum Gasteiger partial charge on any atom is -0.480 e. The topological polar surface area (TPSA) is 113 Å². The van der Waals surface area contributed by atoms with E-state index in [1.807, 2.05) is 0 Å². The lowest BCUT2D eigenvalue weighted by Crippen LogP contribution is -2.51. The van der Waals surface area contributed by atoms with Crippen LogP contribution in [0.4, 0.5) is 4.79 Å². The summed E-state index contributed by atoms with van der Waals surface area (Å²) in [6, 6.07) is -1.63. The van der Waals surface area contributed by atoms with Crippen LogP contribution in [0, 0.1) is 0 Å². The van der Waals surface area contributed by atoms with Crippen LogP contribution in [0.3, 0.4) is 0 Å². The van der Waals surface area contributed by atoms with Crippen LogP contribution >= 0.6 is 0 Å². The highest BCUT2D eigenvalue weighted by atomic mass is 32.2. The number of rotatable bonds is 6. The van der Waals surface area contributed by atoms with E-state index in [2.05, 4.69) is 10.6 Å². The maximum Gasteiger partial charge on any atom is 0.326 e. The normalized spacial score (nSPS) is 17.6. The van der Waals surface area contributed by atoms with E-state index in [0.717, 1.165) is 25.5 Å². The van der Waals surface area contributed by atoms with E-state index in [1.165, 1.54) is 0 Å². The van der Waals surface area contributed by atoms with Crippen molar-refractivity contribution in [3.05, 3.63) is 0 Å². The Labute approximate surface area is 106 Å². The van der Waals surface area contributed by atoms with Crippen LogP contribution in [0.1, 0.15) is 25.7 Å². The van der Waals surface area contributed by atoms with Crippen molar-refractivity contribution in [3.63, 3.8) is 0 Å². The quantitative estimate of drug-likeness (QED) is 0.619. The minimum atomic E-state index is -3.24. The van der Waals surface area contributed by atoms with E-state index in [-0.39, 0.29) is 18.2 Å². The molecule has 7 nitrogen and oxygen atoms in total. The summed E-state index contributed by atoms with van der Waals surface area (Å²) in [7, 11) is -3.24. The molecular formula is C10H18N2O5S. The molecule has 1 fully saturated rings. The molecule has 0 spiro atoms. The molecule has 1 aliphatic carbocycles. The largest absolute Gasteiger partial charge is 0.480 e. The number of amides is 2. The first-order chi connectivity index (χ1) is 8.28. The standard InChI is InChI=1S/C10H18N2O5S/c1-18(16,17)6-5-8(9(13)14)12-10(15)11-7-3-2-4-7/h7-8H,2-6H2,1H3,(H,13,14)(H2,11,12,15). The van der Waals surface area contributed by atoms with Crippen LogP contribution in [0.15, 0.2) is 0 Å². The molecule has 2 amide bonds. The Morgan fingerprint density at radius 3 is 2.39 bits per heavy atom. The molecule has 0 bridgehead atoms. The molecule has 0 aliphatic heterocycles. The molecular weight excluding hydrogens is 260 g/mol. The summed E-state index contributed by atoms with van der Waals surface area (Å²) in [6.07, 6.45) is 3.75. The van der Waals surface area contributed by atoms with E-state index in [4.69, 9.17) is 5.11 Å². The Hall–Kier alpha value is -1.31. The summed E-state index contributed by atoms with van der Waals surface area (Å²) >= 11 is 0. The van der Waals surface area contributed by atoms with Gasteiger partial charge in [0.15, 0.2) is 0 Å². The van der Waals surface area contributed by atoms with E-state index in [0.29, 0.717) is 0 Å². The molecule has 0 saturated heterocycles. The van der Waals surface area contributed by atoms with Gasteiger partial charge in [0.2, 0.25) is 0 Å². The molecule has 1 unspecified atom stereocenters. The van der Waals surface area contributed by atoms with Gasteiger partial charge in [-0.1, -0.05) is 0 Å². The smallest absolute Gasteiger partial charge is 0.326 e. The van der Waals surface area contributed by atoms with Crippen LogP contribution < -0.4 is 10.6 Å². The summed E-state index contributed by atoms with van der Waals surface area (Å²) in [5, 5.41) is 13.8. The molecule has 0 aromatic heterocycles. The van der Waals surface area contributed by atoms with Crippen LogP contribution in [0.2, 0.25) is 0 Å². The van der Waals surface area contributed by atoms with E-state index < -0.39 is 27.9 Å². The van der Waals surface area contributed by atoms with Gasteiger partial charge in [-0.05, 0) is 25.7 Å². The fourth-order valence-electron chi connectivity index (χ4n) is 1.53. The van der Waals surface area contributed by atoms with Gasteiger partial charge in [0, 0.05) is 12.3 Å². The molecule has 8 heteroatoms. The van der Waals surface area contributed by atoms with Gasteiger partial charge < -0.3 is 15.7 Å². The molecule has 1 saturated carbocycles. The van der Waals surface area contributed by atoms with Crippen molar-refractivity contribution in [2.45, 2.75) is 37.8 Å². The lowest BCUT2D eigenvalue weighted by molar-refractivity contribution is -0.139. The lowest BCUT2D eigenvalue weighted by Gasteiger charge is -2.27. The molecule has 1 rings (SSSR count). The zero-order chi connectivity index (χ0) is 13.8. The number of carbonyl (C=O) groups excluding carboxylic acids is 1. The first kappa shape index (κ1) is 14.7. The number of aliphatic carboxylic acids is 1. The molecule has 3 N–H and O–H groups in total. The van der Waals surface area contributed by atoms with Gasteiger partial charge in [-0.15, -0.1) is 0 Å². The lowest BCUT2D eigenvalue weighted by atomic mass is 9.93. The molecule has 0 radical (unpaired) electrons. The molecule has 0 heterocycles. The first-order valence-electron chi connectivity index (χ1n) is 5.75. The second-order valence-electron chi connectivity index (χ2n) is 4.56. The van der Waals surface area contributed by atoms with Crippen molar-refractivity contribution < 1.29 is 23.1 Å². The highest BCUT2D eigenvalue weighted by Gasteiger charge is 2.24. The fourth-order valence-corrected chi connectivity index (χ4v) is 2.19. The molecule has 1 aliphatic rings. The second-order valence-corrected chi connectivity index (χ2v) is 6.81. The fraction of sp³-hybridized carbons (Fsp3) is 0.800. The Kier molecular flexibility index (Phi) is 4.94. The molecule has 18 heavy (non-hydrogen) atoms. The highest BCUT2D eigenvalue weighted by Crippen LogP contribution is 2.17. The zero-order valence-corrected chi connectivity index (χ0v) is 11.0. The van der Waals surface area contributed by atoms with Gasteiger partial charge in [0.25, 0.3) is 0 Å². The second kappa shape index (κ2) is 6.03. The molecule has 104 valence electrons. The molecule has 0 aromatic rings. The Morgan fingerprint density at radius 1 is 1.39 bits per heavy atom. The van der Waals surface area contributed by atoms with Crippen LogP contribution in [0.5, 0.6) is 0 Å². The monoisotopic (exact) mass is 278 g/mol. The van der Waals surface area contributed by atoms with Gasteiger partial charge in [0.1, 0.15) is 15.9 Å². The Bertz CT molecular complexity index is 416. The maximum atomic E-state index is 11.5. The van der Waals surface area contributed by atoms with Gasteiger partial charge >= 0.3 is 12.0 Å². The Morgan fingerprint density at radius 2 is 2.00 bits per heavy atom. The number of carboxylic acid groups (broad SMARTS) is 1. The zero-order valence-electron chi connectivity index (χ0n) is 10.2. The van der Waals surface area contributed by atoms with Crippen molar-refractivity contribution in [2.75, 3.05) is 12.0 Å². The van der Waals surface area contributed by atoms with Crippen molar-refractivity contribution in [3.8, 4) is 0 Å². The molecule has 0 aromatic carbocycles. The van der Waals surface area contributed by atoms with E-state index in [9.17, 15) is 18.0 Å². The summed E-state index contributed by atoms with van der Waals surface area (Å²) in [6.45, 7) is 0. The predicted octanol–water partition coefficient (Wildman–Crippen LogP) is -0.274. The SMILES string of the molecule is CS(=O)(=O)CCC(NC(=O)NC1CCC1)C(=O)O. The number of hydrogen-bond acceptors (Lipinski definition) is 4. The molecule has 1 atom stereocenters. The van der Waals surface area contributed by atoms with Crippen molar-refractivity contribution >= 4 is 21.8 Å². The predicted molar refractivity (Wildman–Crippen MR) is 65.1 cm³/mol. The van der Waals surface area contributed by atoms with Crippen molar-refractivity contribution in [1.29, 1.82) is 0 Å². The number of sulfone groups is 1. The van der Waals surface area contributed by atoms with Crippen molar-refractivity contribution in [2.24, 2.45) is 0 Å². The van der Waals surface area contributed by atoms with Gasteiger partial charge in [-0.2, -0.15) is 0 Å². The number of nitrogens with one attached hydrogen (secondary N) is 2. The Balaban J connectivity index is 2.41. The summed E-state index contributed by atoms with van der Waals surface area (Å²) in [4.78, 5) is 22.3. The van der Waals surface area contributed by atoms with Gasteiger partial charge in [-0.3, -0.25) is 0 Å². The van der Waals surface area contributed by atoms with Crippen LogP contribution in [-0.4, -0.2) is 49.6 Å². The van der Waals surface area contributed by atoms with Crippen LogP contribution in [-0.2, 0) is 14.6 Å². The summed E-state index contributed by atoms with van der Waals surface area (Å²) < 4.78 is 21.9. The number of hydrogen-bond donors (Lipinski definition) is 3. The number of urea groups is 1. The third-order valence-electron chi connectivity index (χ3n) is 2.82. The summed E-state index contributed by atoms with van der Waals surface area (Å²) in [5.41, 5.74) is 0. The average molecular weight is 278 g/mol. The van der Waals surface area contributed by atoms with E-state index >= 15 is 0 Å².